The van der Waals surface area contributed by atoms with Gasteiger partial charge in [0.05, 0.1) is 5.56 Å². The van der Waals surface area contributed by atoms with Crippen LogP contribution in [-0.2, 0) is 6.18 Å². The molecule has 1 unspecified atom stereocenters. The Kier molecular flexibility index (Phi) is 4.74. The average Bonchev–Trinajstić information content (AvgIpc) is 3.15. The van der Waals surface area contributed by atoms with Crippen molar-refractivity contribution in [2.75, 3.05) is 24.8 Å². The van der Waals surface area contributed by atoms with Crippen LogP contribution in [0.1, 0.15) is 28.8 Å². The molecule has 3 heterocycles. The van der Waals surface area contributed by atoms with Crippen molar-refractivity contribution < 1.29 is 27.4 Å². The van der Waals surface area contributed by atoms with Crippen LogP contribution in [0.2, 0.25) is 0 Å². The molecule has 1 aromatic heterocycles. The van der Waals surface area contributed by atoms with E-state index in [9.17, 15) is 18.0 Å². The lowest BCUT2D eigenvalue weighted by Gasteiger charge is -2.34. The van der Waals surface area contributed by atoms with Gasteiger partial charge in [-0.1, -0.05) is 0 Å². The van der Waals surface area contributed by atoms with Gasteiger partial charge in [0.1, 0.15) is 5.82 Å². The van der Waals surface area contributed by atoms with Gasteiger partial charge in [-0.2, -0.15) is 13.2 Å². The van der Waals surface area contributed by atoms with Crippen LogP contribution < -0.4 is 19.7 Å². The van der Waals surface area contributed by atoms with Gasteiger partial charge in [0.15, 0.2) is 11.5 Å². The lowest BCUT2D eigenvalue weighted by Crippen LogP contribution is -2.48. The maximum Gasteiger partial charge on any atom is 0.417 e. The zero-order chi connectivity index (χ0) is 19.7. The summed E-state index contributed by atoms with van der Waals surface area (Å²) in [4.78, 5) is 18.4. The summed E-state index contributed by atoms with van der Waals surface area (Å²) in [7, 11) is 0. The molecule has 148 valence electrons. The molecule has 0 saturated carbocycles. The Balaban J connectivity index is 1.40. The number of ether oxygens (including phenoxy) is 2. The van der Waals surface area contributed by atoms with Crippen molar-refractivity contribution in [3.63, 3.8) is 0 Å². The van der Waals surface area contributed by atoms with Crippen molar-refractivity contribution in [1.29, 1.82) is 0 Å². The van der Waals surface area contributed by atoms with Crippen molar-refractivity contribution in [2.24, 2.45) is 0 Å². The molecule has 1 N–H and O–H groups in total. The van der Waals surface area contributed by atoms with E-state index < -0.39 is 11.7 Å². The Labute approximate surface area is 159 Å². The smallest absolute Gasteiger partial charge is 0.417 e. The van der Waals surface area contributed by atoms with Crippen molar-refractivity contribution in [2.45, 2.75) is 25.1 Å². The SMILES string of the molecule is O=C(NC1CCCN(c2ccc(C(F)(F)F)cn2)C1)c1ccc2c(c1)OCO2. The molecule has 0 radical (unpaired) electrons. The second-order valence-electron chi connectivity index (χ2n) is 6.73. The Bertz CT molecular complexity index is 871. The molecule has 1 saturated heterocycles. The van der Waals surface area contributed by atoms with E-state index in [1.165, 1.54) is 6.07 Å². The highest BCUT2D eigenvalue weighted by molar-refractivity contribution is 5.95. The van der Waals surface area contributed by atoms with E-state index in [1.54, 1.807) is 18.2 Å². The first-order valence-corrected chi connectivity index (χ1v) is 8.89. The molecule has 2 aliphatic heterocycles. The normalized spacial score (nSPS) is 18.8. The van der Waals surface area contributed by atoms with Gasteiger partial charge >= 0.3 is 6.18 Å². The van der Waals surface area contributed by atoms with Crippen LogP contribution in [0, 0.1) is 0 Å². The van der Waals surface area contributed by atoms with Crippen molar-refractivity contribution in [1.82, 2.24) is 10.3 Å². The van der Waals surface area contributed by atoms with Crippen LogP contribution in [0.4, 0.5) is 19.0 Å². The summed E-state index contributed by atoms with van der Waals surface area (Å²) in [5, 5.41) is 2.98. The molecule has 1 amide bonds. The van der Waals surface area contributed by atoms with Gasteiger partial charge in [-0.25, -0.2) is 4.98 Å². The molecule has 6 nitrogen and oxygen atoms in total. The fourth-order valence-electron chi connectivity index (χ4n) is 3.35. The Morgan fingerprint density at radius 3 is 2.75 bits per heavy atom. The van der Waals surface area contributed by atoms with Crippen molar-refractivity contribution in [3.8, 4) is 11.5 Å². The summed E-state index contributed by atoms with van der Waals surface area (Å²) in [5.74, 6) is 1.38. The van der Waals surface area contributed by atoms with E-state index in [4.69, 9.17) is 9.47 Å². The van der Waals surface area contributed by atoms with Crippen LogP contribution in [0.25, 0.3) is 0 Å². The number of benzene rings is 1. The van der Waals surface area contributed by atoms with Gasteiger partial charge in [0, 0.05) is 30.9 Å². The molecule has 0 bridgehead atoms. The summed E-state index contributed by atoms with van der Waals surface area (Å²) in [5.41, 5.74) is -0.310. The minimum Gasteiger partial charge on any atom is -0.454 e. The predicted octanol–water partition coefficient (Wildman–Crippen LogP) is 3.23. The maximum absolute atomic E-state index is 12.7. The summed E-state index contributed by atoms with van der Waals surface area (Å²) < 4.78 is 48.6. The molecule has 9 heteroatoms. The lowest BCUT2D eigenvalue weighted by atomic mass is 10.0. The molecule has 1 aromatic carbocycles. The minimum absolute atomic E-state index is 0.129. The molecule has 0 spiro atoms. The van der Waals surface area contributed by atoms with E-state index in [0.717, 1.165) is 25.1 Å². The first-order valence-electron chi connectivity index (χ1n) is 8.89. The Morgan fingerprint density at radius 2 is 2.00 bits per heavy atom. The number of hydrogen-bond acceptors (Lipinski definition) is 5. The number of carbonyl (C=O) groups excluding carboxylic acids is 1. The molecule has 4 rings (SSSR count). The van der Waals surface area contributed by atoms with Gasteiger partial charge in [-0.3, -0.25) is 4.79 Å². The van der Waals surface area contributed by atoms with Crippen LogP contribution in [0.5, 0.6) is 11.5 Å². The Hall–Kier alpha value is -2.97. The number of rotatable bonds is 3. The first-order chi connectivity index (χ1) is 13.4. The fraction of sp³-hybridized carbons (Fsp3) is 0.368. The number of fused-ring (bicyclic) bond motifs is 1. The van der Waals surface area contributed by atoms with E-state index >= 15 is 0 Å². The quantitative estimate of drug-likeness (QED) is 0.868. The molecule has 1 fully saturated rings. The average molecular weight is 393 g/mol. The number of aromatic nitrogens is 1. The minimum atomic E-state index is -4.41. The molecule has 2 aromatic rings. The topological polar surface area (TPSA) is 63.7 Å². The zero-order valence-electron chi connectivity index (χ0n) is 14.8. The second-order valence-corrected chi connectivity index (χ2v) is 6.73. The second kappa shape index (κ2) is 7.21. The highest BCUT2D eigenvalue weighted by atomic mass is 19.4. The van der Waals surface area contributed by atoms with Gasteiger partial charge in [0.2, 0.25) is 6.79 Å². The number of hydrogen-bond donors (Lipinski definition) is 1. The van der Waals surface area contributed by atoms with Gasteiger partial charge in [-0.05, 0) is 43.2 Å². The highest BCUT2D eigenvalue weighted by Crippen LogP contribution is 2.33. The fourth-order valence-corrected chi connectivity index (χ4v) is 3.35. The zero-order valence-corrected chi connectivity index (χ0v) is 14.8. The van der Waals surface area contributed by atoms with Crippen LogP contribution >= 0.6 is 0 Å². The molecule has 2 aliphatic rings. The number of amides is 1. The third-order valence-corrected chi connectivity index (χ3v) is 4.79. The predicted molar refractivity (Wildman–Crippen MR) is 94.5 cm³/mol. The number of halogens is 3. The first kappa shape index (κ1) is 18.4. The Morgan fingerprint density at radius 1 is 1.18 bits per heavy atom. The molecular formula is C19H18F3N3O3. The van der Waals surface area contributed by atoms with Crippen LogP contribution in [-0.4, -0.2) is 36.8 Å². The number of nitrogens with zero attached hydrogens (tertiary/aromatic N) is 2. The molecule has 0 aliphatic carbocycles. The van der Waals surface area contributed by atoms with E-state index in [0.29, 0.717) is 36.0 Å². The molecule has 28 heavy (non-hydrogen) atoms. The summed E-state index contributed by atoms with van der Waals surface area (Å²) in [6.07, 6.45) is -1.99. The standard InChI is InChI=1S/C19H18F3N3O3/c20-19(21,22)13-4-6-17(23-9-13)25-7-1-2-14(10-25)24-18(26)12-3-5-15-16(8-12)28-11-27-15/h3-6,8-9,14H,1-2,7,10-11H2,(H,24,26). The lowest BCUT2D eigenvalue weighted by molar-refractivity contribution is -0.137. The third-order valence-electron chi connectivity index (χ3n) is 4.79. The number of alkyl halides is 3. The van der Waals surface area contributed by atoms with Gasteiger partial charge in [0.25, 0.3) is 5.91 Å². The van der Waals surface area contributed by atoms with Crippen molar-refractivity contribution in [3.05, 3.63) is 47.7 Å². The van der Waals surface area contributed by atoms with E-state index in [2.05, 4.69) is 10.3 Å². The summed E-state index contributed by atoms with van der Waals surface area (Å²) in [6, 6.07) is 7.26. The number of carbonyl (C=O) groups is 1. The number of piperidine rings is 1. The number of nitrogens with one attached hydrogen (secondary N) is 1. The third kappa shape index (κ3) is 3.83. The highest BCUT2D eigenvalue weighted by Gasteiger charge is 2.31. The van der Waals surface area contributed by atoms with Gasteiger partial charge < -0.3 is 19.7 Å². The largest absolute Gasteiger partial charge is 0.454 e. The maximum atomic E-state index is 12.7. The van der Waals surface area contributed by atoms with E-state index in [-0.39, 0.29) is 18.7 Å². The van der Waals surface area contributed by atoms with Gasteiger partial charge in [-0.15, -0.1) is 0 Å². The molecular weight excluding hydrogens is 375 g/mol. The monoisotopic (exact) mass is 393 g/mol. The van der Waals surface area contributed by atoms with Crippen LogP contribution in [0.3, 0.4) is 0 Å². The van der Waals surface area contributed by atoms with E-state index in [1.807, 2.05) is 4.90 Å². The molecule has 1 atom stereocenters. The number of anilines is 1. The van der Waals surface area contributed by atoms with Crippen LogP contribution in [0.15, 0.2) is 36.5 Å². The number of pyridine rings is 1. The summed E-state index contributed by atoms with van der Waals surface area (Å²) in [6.45, 7) is 1.29. The summed E-state index contributed by atoms with van der Waals surface area (Å²) >= 11 is 0. The van der Waals surface area contributed by atoms with Crippen molar-refractivity contribution >= 4 is 11.7 Å².